The van der Waals surface area contributed by atoms with Gasteiger partial charge in [0.15, 0.2) is 0 Å². The van der Waals surface area contributed by atoms with Crippen LogP contribution in [0.5, 0.6) is 0 Å². The van der Waals surface area contributed by atoms with Gasteiger partial charge in [0.05, 0.1) is 5.69 Å². The number of carbonyl (C=O) groups is 1. The second-order valence-electron chi connectivity index (χ2n) is 7.50. The lowest BCUT2D eigenvalue weighted by atomic mass is 9.76. The highest BCUT2D eigenvalue weighted by Crippen LogP contribution is 2.44. The molecule has 1 spiro atoms. The number of aromatic nitrogens is 5. The number of nitrogens with one attached hydrogen (secondary N) is 1. The van der Waals surface area contributed by atoms with E-state index in [4.69, 9.17) is 0 Å². The van der Waals surface area contributed by atoms with Gasteiger partial charge in [-0.15, -0.1) is 0 Å². The quantitative estimate of drug-likeness (QED) is 0.701. The number of rotatable bonds is 1. The summed E-state index contributed by atoms with van der Waals surface area (Å²) < 4.78 is 1.75. The highest BCUT2D eigenvalue weighted by Gasteiger charge is 2.44. The number of aryl methyl sites for hydroxylation is 1. The first-order valence-corrected chi connectivity index (χ1v) is 9.25. The largest absolute Gasteiger partial charge is 0.337 e. The highest BCUT2D eigenvalue weighted by molar-refractivity contribution is 5.92. The lowest BCUT2D eigenvalue weighted by molar-refractivity contribution is 0.0658. The summed E-state index contributed by atoms with van der Waals surface area (Å²) in [4.78, 5) is 42.9. The normalized spacial score (nSPS) is 18.2. The first-order valence-electron chi connectivity index (χ1n) is 9.25. The van der Waals surface area contributed by atoms with Gasteiger partial charge in [-0.1, -0.05) is 0 Å². The van der Waals surface area contributed by atoms with E-state index < -0.39 is 0 Å². The number of imidazole rings is 1. The Balaban J connectivity index is 1.38. The van der Waals surface area contributed by atoms with Crippen LogP contribution in [0.2, 0.25) is 0 Å². The molecule has 1 saturated heterocycles. The van der Waals surface area contributed by atoms with E-state index in [9.17, 15) is 9.59 Å². The monoisotopic (exact) mass is 364 g/mol. The lowest BCUT2D eigenvalue weighted by Crippen LogP contribution is -2.45. The molecule has 8 nitrogen and oxygen atoms in total. The van der Waals surface area contributed by atoms with Crippen LogP contribution in [0.1, 0.15) is 46.8 Å². The Morgan fingerprint density at radius 3 is 2.81 bits per heavy atom. The molecule has 4 heterocycles. The molecule has 1 amide bonds. The van der Waals surface area contributed by atoms with E-state index in [2.05, 4.69) is 19.9 Å². The number of piperidine rings is 1. The molecule has 27 heavy (non-hydrogen) atoms. The maximum absolute atomic E-state index is 12.9. The van der Waals surface area contributed by atoms with Crippen LogP contribution < -0.4 is 5.56 Å². The smallest absolute Gasteiger partial charge is 0.274 e. The van der Waals surface area contributed by atoms with Gasteiger partial charge in [-0.3, -0.25) is 14.0 Å². The van der Waals surface area contributed by atoms with Crippen molar-refractivity contribution in [3.63, 3.8) is 0 Å². The number of H-pyrrole nitrogens is 1. The molecule has 1 fully saturated rings. The molecule has 8 heteroatoms. The summed E-state index contributed by atoms with van der Waals surface area (Å²) >= 11 is 0. The first-order chi connectivity index (χ1) is 13.1. The Kier molecular flexibility index (Phi) is 3.43. The van der Waals surface area contributed by atoms with Crippen molar-refractivity contribution in [3.8, 4) is 0 Å². The van der Waals surface area contributed by atoms with E-state index in [1.165, 1.54) is 0 Å². The molecule has 3 aromatic rings. The van der Waals surface area contributed by atoms with Crippen LogP contribution in [0.4, 0.5) is 0 Å². The predicted molar refractivity (Wildman–Crippen MR) is 97.7 cm³/mol. The van der Waals surface area contributed by atoms with Gasteiger partial charge < -0.3 is 9.88 Å². The molecule has 2 aliphatic rings. The summed E-state index contributed by atoms with van der Waals surface area (Å²) in [6.07, 6.45) is 8.57. The van der Waals surface area contributed by atoms with Crippen LogP contribution in [0.3, 0.4) is 0 Å². The van der Waals surface area contributed by atoms with Crippen molar-refractivity contribution in [1.82, 2.24) is 29.2 Å². The first kappa shape index (κ1) is 16.2. The molecular formula is C19H20N6O2. The Bertz CT molecular complexity index is 1070. The Labute approximate surface area is 155 Å². The van der Waals surface area contributed by atoms with Crippen LogP contribution in [0.15, 0.2) is 29.5 Å². The molecule has 0 atom stereocenters. The average Bonchev–Trinajstić information content (AvgIpc) is 3.25. The minimum atomic E-state index is -0.0778. The summed E-state index contributed by atoms with van der Waals surface area (Å²) in [7, 11) is 0. The van der Waals surface area contributed by atoms with Crippen LogP contribution in [0.25, 0.3) is 5.78 Å². The molecule has 0 aromatic carbocycles. The Hall–Kier alpha value is -3.03. The molecule has 0 bridgehead atoms. The molecule has 0 radical (unpaired) electrons. The van der Waals surface area contributed by atoms with Gasteiger partial charge >= 0.3 is 0 Å². The number of carbonyl (C=O) groups excluding carboxylic acids is 1. The van der Waals surface area contributed by atoms with Crippen molar-refractivity contribution in [3.05, 3.63) is 57.8 Å². The van der Waals surface area contributed by atoms with Gasteiger partial charge in [-0.25, -0.2) is 15.0 Å². The lowest BCUT2D eigenvalue weighted by Gasteiger charge is -2.39. The summed E-state index contributed by atoms with van der Waals surface area (Å²) in [5.74, 6) is 1.12. The summed E-state index contributed by atoms with van der Waals surface area (Å²) in [5, 5.41) is 0. The maximum atomic E-state index is 12.9. The standard InChI is InChI=1S/C19H20N6O2/c1-12-21-15-13(16(26)22-12)3-4-19(15)5-9-24(10-6-19)17(27)14-11-25-8-2-7-20-18(25)23-14/h2,7-8,11H,3-6,9-10H2,1H3,(H,21,22,26). The molecule has 0 saturated carbocycles. The number of aromatic amines is 1. The molecule has 1 aliphatic heterocycles. The van der Waals surface area contributed by atoms with Gasteiger partial charge in [0.2, 0.25) is 5.78 Å². The number of hydrogen-bond acceptors (Lipinski definition) is 5. The summed E-state index contributed by atoms with van der Waals surface area (Å²) in [6, 6.07) is 1.81. The molecule has 138 valence electrons. The van der Waals surface area contributed by atoms with Crippen LogP contribution in [0, 0.1) is 6.92 Å². The van der Waals surface area contributed by atoms with Gasteiger partial charge in [0, 0.05) is 42.7 Å². The van der Waals surface area contributed by atoms with Crippen molar-refractivity contribution in [2.45, 2.75) is 38.0 Å². The van der Waals surface area contributed by atoms with E-state index in [0.29, 0.717) is 30.4 Å². The zero-order chi connectivity index (χ0) is 18.6. The van der Waals surface area contributed by atoms with Gasteiger partial charge in [0.25, 0.3) is 11.5 Å². The summed E-state index contributed by atoms with van der Waals surface area (Å²) in [5.41, 5.74) is 2.11. The van der Waals surface area contributed by atoms with E-state index in [1.807, 2.05) is 24.1 Å². The summed E-state index contributed by atoms with van der Waals surface area (Å²) in [6.45, 7) is 3.12. The number of nitrogens with zero attached hydrogens (tertiary/aromatic N) is 5. The fourth-order valence-corrected chi connectivity index (χ4v) is 4.48. The Morgan fingerprint density at radius 2 is 2.04 bits per heavy atom. The van der Waals surface area contributed by atoms with Crippen molar-refractivity contribution >= 4 is 11.7 Å². The molecular weight excluding hydrogens is 344 g/mol. The van der Waals surface area contributed by atoms with Crippen LogP contribution in [-0.4, -0.2) is 48.2 Å². The second kappa shape index (κ2) is 5.73. The van der Waals surface area contributed by atoms with Gasteiger partial charge in [-0.05, 0) is 38.7 Å². The third-order valence-corrected chi connectivity index (χ3v) is 5.95. The minimum Gasteiger partial charge on any atom is -0.337 e. The molecule has 1 aliphatic carbocycles. The topological polar surface area (TPSA) is 96.2 Å². The zero-order valence-corrected chi connectivity index (χ0v) is 15.1. The van der Waals surface area contributed by atoms with E-state index in [1.54, 1.807) is 16.8 Å². The van der Waals surface area contributed by atoms with Crippen molar-refractivity contribution in [1.29, 1.82) is 0 Å². The van der Waals surface area contributed by atoms with Crippen LogP contribution in [-0.2, 0) is 11.8 Å². The average molecular weight is 364 g/mol. The van der Waals surface area contributed by atoms with E-state index >= 15 is 0 Å². The molecule has 5 rings (SSSR count). The van der Waals surface area contributed by atoms with E-state index in [0.717, 1.165) is 36.9 Å². The second-order valence-corrected chi connectivity index (χ2v) is 7.50. The molecule has 0 unspecified atom stereocenters. The van der Waals surface area contributed by atoms with Crippen molar-refractivity contribution in [2.24, 2.45) is 0 Å². The number of hydrogen-bond donors (Lipinski definition) is 1. The van der Waals surface area contributed by atoms with Crippen LogP contribution >= 0.6 is 0 Å². The third-order valence-electron chi connectivity index (χ3n) is 5.95. The maximum Gasteiger partial charge on any atom is 0.274 e. The number of likely N-dealkylation sites (tertiary alicyclic amines) is 1. The number of fused-ring (bicyclic) bond motifs is 3. The molecule has 3 aromatic heterocycles. The van der Waals surface area contributed by atoms with Gasteiger partial charge in [0.1, 0.15) is 11.5 Å². The zero-order valence-electron chi connectivity index (χ0n) is 15.1. The van der Waals surface area contributed by atoms with Crippen molar-refractivity contribution in [2.75, 3.05) is 13.1 Å². The number of amides is 1. The van der Waals surface area contributed by atoms with E-state index in [-0.39, 0.29) is 16.9 Å². The Morgan fingerprint density at radius 1 is 1.22 bits per heavy atom. The molecule has 1 N–H and O–H groups in total. The minimum absolute atomic E-state index is 0.00918. The van der Waals surface area contributed by atoms with Crippen molar-refractivity contribution < 1.29 is 4.79 Å². The predicted octanol–water partition coefficient (Wildman–Crippen LogP) is 1.24. The SMILES string of the molecule is Cc1nc2c(c(=O)[nH]1)CCC21CCN(C(=O)c2cn3cccnc3n2)CC1. The van der Waals surface area contributed by atoms with Gasteiger partial charge in [-0.2, -0.15) is 0 Å². The fraction of sp³-hybridized carbons (Fsp3) is 0.421. The highest BCUT2D eigenvalue weighted by atomic mass is 16.2. The third kappa shape index (κ3) is 2.47. The fourth-order valence-electron chi connectivity index (χ4n) is 4.48.